The molecule has 0 spiro atoms. The lowest BCUT2D eigenvalue weighted by molar-refractivity contribution is 0.180. The second kappa shape index (κ2) is 5.82. The molecule has 1 fully saturated rings. The van der Waals surface area contributed by atoms with Crippen molar-refractivity contribution >= 4 is 10.0 Å². The molecule has 0 unspecified atom stereocenters. The monoisotopic (exact) mass is 269 g/mol. The highest BCUT2D eigenvalue weighted by Crippen LogP contribution is 2.24. The summed E-state index contributed by atoms with van der Waals surface area (Å²) in [5.41, 5.74) is 0. The average molecular weight is 269 g/mol. The van der Waals surface area contributed by atoms with E-state index in [-0.39, 0.29) is 12.6 Å². The molecule has 100 valence electrons. The maximum absolute atomic E-state index is 12.1. The van der Waals surface area contributed by atoms with Crippen molar-refractivity contribution in [3.63, 3.8) is 0 Å². The van der Waals surface area contributed by atoms with Crippen molar-refractivity contribution in [3.8, 4) is 0 Å². The van der Waals surface area contributed by atoms with Crippen LogP contribution < -0.4 is 4.72 Å². The van der Waals surface area contributed by atoms with Crippen molar-refractivity contribution in [1.29, 1.82) is 0 Å². The molecule has 0 amide bonds. The van der Waals surface area contributed by atoms with Crippen LogP contribution in [0.15, 0.2) is 35.2 Å². The number of rotatable bonds is 4. The van der Waals surface area contributed by atoms with E-state index in [0.29, 0.717) is 10.8 Å². The summed E-state index contributed by atoms with van der Waals surface area (Å²) in [5.74, 6) is 0.336. The van der Waals surface area contributed by atoms with E-state index in [9.17, 15) is 8.42 Å². The van der Waals surface area contributed by atoms with Gasteiger partial charge in [-0.3, -0.25) is 0 Å². The summed E-state index contributed by atoms with van der Waals surface area (Å²) in [5, 5.41) is 9.05. The smallest absolute Gasteiger partial charge is 0.240 e. The third kappa shape index (κ3) is 3.31. The largest absolute Gasteiger partial charge is 0.396 e. The Hall–Kier alpha value is -0.910. The van der Waals surface area contributed by atoms with Crippen molar-refractivity contribution in [2.24, 2.45) is 5.92 Å². The Bertz CT molecular complexity index is 464. The molecule has 1 aliphatic rings. The van der Waals surface area contributed by atoms with Gasteiger partial charge in [0, 0.05) is 12.6 Å². The Morgan fingerprint density at radius 2 is 1.72 bits per heavy atom. The third-order valence-electron chi connectivity index (χ3n) is 3.48. The number of aliphatic hydroxyl groups is 1. The van der Waals surface area contributed by atoms with Crippen LogP contribution in [0.3, 0.4) is 0 Å². The Labute approximate surface area is 108 Å². The number of nitrogens with one attached hydrogen (secondary N) is 1. The molecular formula is C13H19NO3S. The van der Waals surface area contributed by atoms with Crippen molar-refractivity contribution < 1.29 is 13.5 Å². The van der Waals surface area contributed by atoms with Crippen molar-refractivity contribution in [1.82, 2.24) is 4.72 Å². The van der Waals surface area contributed by atoms with Crippen LogP contribution in [0.4, 0.5) is 0 Å². The molecule has 0 saturated heterocycles. The lowest BCUT2D eigenvalue weighted by Gasteiger charge is -2.27. The number of hydrogen-bond donors (Lipinski definition) is 2. The highest BCUT2D eigenvalue weighted by molar-refractivity contribution is 7.89. The van der Waals surface area contributed by atoms with Gasteiger partial charge in [0.15, 0.2) is 0 Å². The van der Waals surface area contributed by atoms with E-state index in [0.717, 1.165) is 25.7 Å². The van der Waals surface area contributed by atoms with Crippen LogP contribution in [0.25, 0.3) is 0 Å². The molecule has 1 aromatic carbocycles. The second-order valence-electron chi connectivity index (χ2n) is 4.83. The van der Waals surface area contributed by atoms with Crippen LogP contribution in [0.2, 0.25) is 0 Å². The van der Waals surface area contributed by atoms with Crippen molar-refractivity contribution in [2.45, 2.75) is 36.6 Å². The normalized spacial score (nSPS) is 24.9. The quantitative estimate of drug-likeness (QED) is 0.871. The van der Waals surface area contributed by atoms with E-state index >= 15 is 0 Å². The average Bonchev–Trinajstić information content (AvgIpc) is 2.40. The molecule has 0 atom stereocenters. The predicted molar refractivity (Wildman–Crippen MR) is 69.6 cm³/mol. The zero-order valence-electron chi connectivity index (χ0n) is 10.2. The van der Waals surface area contributed by atoms with Gasteiger partial charge in [-0.2, -0.15) is 0 Å². The predicted octanol–water partition coefficient (Wildman–Crippen LogP) is 1.52. The first kappa shape index (κ1) is 13.5. The van der Waals surface area contributed by atoms with Crippen LogP contribution >= 0.6 is 0 Å². The van der Waals surface area contributed by atoms with Gasteiger partial charge in [0.2, 0.25) is 10.0 Å². The molecule has 18 heavy (non-hydrogen) atoms. The third-order valence-corrected chi connectivity index (χ3v) is 5.02. The Morgan fingerprint density at radius 3 is 2.28 bits per heavy atom. The molecule has 0 bridgehead atoms. The van der Waals surface area contributed by atoms with Gasteiger partial charge in [-0.1, -0.05) is 18.2 Å². The highest BCUT2D eigenvalue weighted by atomic mass is 32.2. The van der Waals surface area contributed by atoms with Crippen LogP contribution in [0.1, 0.15) is 25.7 Å². The number of sulfonamides is 1. The number of hydrogen-bond acceptors (Lipinski definition) is 3. The summed E-state index contributed by atoms with van der Waals surface area (Å²) < 4.78 is 26.9. The molecule has 0 heterocycles. The maximum Gasteiger partial charge on any atom is 0.240 e. The first-order valence-electron chi connectivity index (χ1n) is 6.30. The first-order chi connectivity index (χ1) is 8.62. The minimum atomic E-state index is -3.40. The molecule has 4 nitrogen and oxygen atoms in total. The van der Waals surface area contributed by atoms with E-state index in [1.165, 1.54) is 0 Å². The molecule has 5 heteroatoms. The molecule has 1 aliphatic carbocycles. The second-order valence-corrected chi connectivity index (χ2v) is 6.55. The molecule has 0 aliphatic heterocycles. The summed E-state index contributed by atoms with van der Waals surface area (Å²) in [4.78, 5) is 0.314. The topological polar surface area (TPSA) is 66.4 Å². The molecule has 1 aromatic rings. The van der Waals surface area contributed by atoms with E-state index in [1.54, 1.807) is 30.3 Å². The van der Waals surface area contributed by atoms with Gasteiger partial charge < -0.3 is 5.11 Å². The first-order valence-corrected chi connectivity index (χ1v) is 7.78. The van der Waals surface area contributed by atoms with Gasteiger partial charge in [-0.05, 0) is 43.7 Å². The molecule has 0 radical (unpaired) electrons. The van der Waals surface area contributed by atoms with E-state index in [2.05, 4.69) is 4.72 Å². The summed E-state index contributed by atoms with van der Waals surface area (Å²) >= 11 is 0. The fraction of sp³-hybridized carbons (Fsp3) is 0.538. The minimum Gasteiger partial charge on any atom is -0.396 e. The SMILES string of the molecule is O=S(=O)(NC1CCC(CO)CC1)c1ccccc1. The number of aliphatic hydroxyl groups excluding tert-OH is 1. The Morgan fingerprint density at radius 1 is 1.11 bits per heavy atom. The van der Waals surface area contributed by atoms with Crippen LogP contribution in [0.5, 0.6) is 0 Å². The fourth-order valence-electron chi connectivity index (χ4n) is 2.35. The van der Waals surface area contributed by atoms with Crippen molar-refractivity contribution in [3.05, 3.63) is 30.3 Å². The van der Waals surface area contributed by atoms with Gasteiger partial charge in [0.1, 0.15) is 0 Å². The Balaban J connectivity index is 1.98. The van der Waals surface area contributed by atoms with Gasteiger partial charge in [-0.15, -0.1) is 0 Å². The molecule has 2 N–H and O–H groups in total. The van der Waals surface area contributed by atoms with Gasteiger partial charge in [-0.25, -0.2) is 13.1 Å². The van der Waals surface area contributed by atoms with E-state index < -0.39 is 10.0 Å². The standard InChI is InChI=1S/C13H19NO3S/c15-10-11-6-8-12(9-7-11)14-18(16,17)13-4-2-1-3-5-13/h1-5,11-12,14-15H,6-10H2. The maximum atomic E-state index is 12.1. The lowest BCUT2D eigenvalue weighted by atomic mass is 9.87. The Kier molecular flexibility index (Phi) is 4.37. The molecule has 1 saturated carbocycles. The fourth-order valence-corrected chi connectivity index (χ4v) is 3.68. The summed E-state index contributed by atoms with van der Waals surface area (Å²) in [7, 11) is -3.40. The number of benzene rings is 1. The van der Waals surface area contributed by atoms with Gasteiger partial charge in [0.05, 0.1) is 4.90 Å². The van der Waals surface area contributed by atoms with E-state index in [4.69, 9.17) is 5.11 Å². The van der Waals surface area contributed by atoms with Gasteiger partial charge in [0.25, 0.3) is 0 Å². The molecular weight excluding hydrogens is 250 g/mol. The van der Waals surface area contributed by atoms with Crippen molar-refractivity contribution in [2.75, 3.05) is 6.61 Å². The zero-order valence-corrected chi connectivity index (χ0v) is 11.1. The molecule has 0 aromatic heterocycles. The van der Waals surface area contributed by atoms with Gasteiger partial charge >= 0.3 is 0 Å². The van der Waals surface area contributed by atoms with Crippen LogP contribution in [0, 0.1) is 5.92 Å². The van der Waals surface area contributed by atoms with Crippen LogP contribution in [-0.2, 0) is 10.0 Å². The summed E-state index contributed by atoms with van der Waals surface area (Å²) in [6, 6.07) is 8.43. The van der Waals surface area contributed by atoms with E-state index in [1.807, 2.05) is 0 Å². The summed E-state index contributed by atoms with van der Waals surface area (Å²) in [6.07, 6.45) is 3.38. The minimum absolute atomic E-state index is 0.00185. The molecule has 2 rings (SSSR count). The lowest BCUT2D eigenvalue weighted by Crippen LogP contribution is -2.38. The van der Waals surface area contributed by atoms with Crippen LogP contribution in [-0.4, -0.2) is 26.2 Å². The highest BCUT2D eigenvalue weighted by Gasteiger charge is 2.25. The zero-order chi connectivity index (χ0) is 13.0. The summed E-state index contributed by atoms with van der Waals surface area (Å²) in [6.45, 7) is 0.207.